The first-order valence-electron chi connectivity index (χ1n) is 6.41. The van der Waals surface area contributed by atoms with Crippen LogP contribution in [-0.4, -0.2) is 24.4 Å². The third kappa shape index (κ3) is 3.30. The van der Waals surface area contributed by atoms with E-state index in [4.69, 9.17) is 9.47 Å². The summed E-state index contributed by atoms with van der Waals surface area (Å²) in [6.45, 7) is 0. The van der Waals surface area contributed by atoms with Crippen molar-refractivity contribution >= 4 is 22.6 Å². The van der Waals surface area contributed by atoms with Gasteiger partial charge in [0, 0.05) is 5.56 Å². The summed E-state index contributed by atoms with van der Waals surface area (Å²) in [6, 6.07) is 5.32. The first-order valence-corrected chi connectivity index (χ1v) is 7.49. The number of rotatable bonds is 2. The molecule has 0 amide bonds. The number of allylic oxidation sites excluding steroid dienone is 3. The second kappa shape index (κ2) is 7.11. The molecular weight excluding hydrogens is 383 g/mol. The lowest BCUT2D eigenvalue weighted by Crippen LogP contribution is -2.09. The molecule has 21 heavy (non-hydrogen) atoms. The van der Waals surface area contributed by atoms with Crippen LogP contribution < -0.4 is 4.74 Å². The van der Waals surface area contributed by atoms with E-state index in [0.29, 0.717) is 26.2 Å². The van der Waals surface area contributed by atoms with Crippen LogP contribution in [0.4, 0.5) is 0 Å². The van der Waals surface area contributed by atoms with E-state index < -0.39 is 12.2 Å². The lowest BCUT2D eigenvalue weighted by atomic mass is 9.95. The van der Waals surface area contributed by atoms with Gasteiger partial charge >= 0.3 is 0 Å². The SMILES string of the molecule is COC1=C(I)C(O)c2c(OC)cccc2C(O)/C=C/C=C1. The molecule has 0 aliphatic heterocycles. The molecule has 2 unspecified atom stereocenters. The number of methoxy groups -OCH3 is 2. The normalized spacial score (nSPS) is 23.5. The summed E-state index contributed by atoms with van der Waals surface area (Å²) in [6.07, 6.45) is 5.15. The summed E-state index contributed by atoms with van der Waals surface area (Å²) in [7, 11) is 3.09. The number of hydrogen-bond acceptors (Lipinski definition) is 4. The molecule has 5 heteroatoms. The molecule has 0 spiro atoms. The van der Waals surface area contributed by atoms with Gasteiger partial charge in [-0.2, -0.15) is 0 Å². The number of aliphatic hydroxyl groups excluding tert-OH is 2. The van der Waals surface area contributed by atoms with Crippen LogP contribution >= 0.6 is 22.6 Å². The maximum Gasteiger partial charge on any atom is 0.131 e. The number of hydrogen-bond donors (Lipinski definition) is 2. The number of halogens is 1. The molecule has 112 valence electrons. The Morgan fingerprint density at radius 3 is 2.52 bits per heavy atom. The lowest BCUT2D eigenvalue weighted by molar-refractivity contribution is 0.193. The third-order valence-electron chi connectivity index (χ3n) is 3.26. The molecule has 1 aliphatic rings. The van der Waals surface area contributed by atoms with Crippen molar-refractivity contribution in [2.24, 2.45) is 0 Å². The Morgan fingerprint density at radius 1 is 1.10 bits per heavy atom. The molecule has 1 aromatic carbocycles. The predicted molar refractivity (Wildman–Crippen MR) is 89.2 cm³/mol. The zero-order valence-corrected chi connectivity index (χ0v) is 13.9. The van der Waals surface area contributed by atoms with Crippen molar-refractivity contribution < 1.29 is 19.7 Å². The summed E-state index contributed by atoms with van der Waals surface area (Å²) >= 11 is 2.05. The molecule has 1 aromatic rings. The lowest BCUT2D eigenvalue weighted by Gasteiger charge is -2.22. The van der Waals surface area contributed by atoms with Crippen LogP contribution in [0.3, 0.4) is 0 Å². The summed E-state index contributed by atoms with van der Waals surface area (Å²) in [5.74, 6) is 1.10. The minimum Gasteiger partial charge on any atom is -0.496 e. The fraction of sp³-hybridized carbons (Fsp3) is 0.250. The average molecular weight is 400 g/mol. The maximum absolute atomic E-state index is 10.7. The van der Waals surface area contributed by atoms with Crippen LogP contribution in [0.25, 0.3) is 0 Å². The molecular formula is C16H17IO4. The van der Waals surface area contributed by atoms with Gasteiger partial charge in [-0.15, -0.1) is 0 Å². The Hall–Kier alpha value is -1.31. The summed E-state index contributed by atoms with van der Waals surface area (Å²) in [5.41, 5.74) is 1.16. The number of benzene rings is 1. The van der Waals surface area contributed by atoms with Crippen molar-refractivity contribution in [2.45, 2.75) is 12.2 Å². The van der Waals surface area contributed by atoms with E-state index in [0.717, 1.165) is 0 Å². The highest BCUT2D eigenvalue weighted by Gasteiger charge is 2.25. The van der Waals surface area contributed by atoms with Gasteiger partial charge < -0.3 is 19.7 Å². The summed E-state index contributed by atoms with van der Waals surface area (Å²) < 4.78 is 11.3. The molecule has 2 atom stereocenters. The minimum absolute atomic E-state index is 0.529. The van der Waals surface area contributed by atoms with Crippen LogP contribution in [0.1, 0.15) is 23.3 Å². The van der Waals surface area contributed by atoms with Gasteiger partial charge in [-0.25, -0.2) is 0 Å². The first kappa shape index (κ1) is 16.1. The van der Waals surface area contributed by atoms with Gasteiger partial charge in [0.2, 0.25) is 0 Å². The molecule has 0 bridgehead atoms. The predicted octanol–water partition coefficient (Wildman–Crippen LogP) is 3.18. The molecule has 0 aromatic heterocycles. The van der Waals surface area contributed by atoms with Gasteiger partial charge in [-0.3, -0.25) is 0 Å². The van der Waals surface area contributed by atoms with Gasteiger partial charge in [0.05, 0.1) is 23.9 Å². The minimum atomic E-state index is -0.933. The van der Waals surface area contributed by atoms with Crippen LogP contribution in [0, 0.1) is 0 Å². The third-order valence-corrected chi connectivity index (χ3v) is 4.38. The van der Waals surface area contributed by atoms with Gasteiger partial charge in [0.1, 0.15) is 17.6 Å². The maximum atomic E-state index is 10.7. The highest BCUT2D eigenvalue weighted by molar-refractivity contribution is 14.1. The fourth-order valence-corrected chi connectivity index (χ4v) is 2.92. The van der Waals surface area contributed by atoms with E-state index in [-0.39, 0.29) is 0 Å². The summed E-state index contributed by atoms with van der Waals surface area (Å²) in [5, 5.41) is 21.0. The van der Waals surface area contributed by atoms with Crippen molar-refractivity contribution in [3.8, 4) is 5.75 Å². The van der Waals surface area contributed by atoms with E-state index >= 15 is 0 Å². The fourth-order valence-electron chi connectivity index (χ4n) is 2.21. The first-order chi connectivity index (χ1) is 10.1. The van der Waals surface area contributed by atoms with Crippen molar-refractivity contribution in [2.75, 3.05) is 14.2 Å². The molecule has 2 N–H and O–H groups in total. The monoisotopic (exact) mass is 400 g/mol. The Morgan fingerprint density at radius 2 is 1.86 bits per heavy atom. The average Bonchev–Trinajstić information content (AvgIpc) is 2.52. The van der Waals surface area contributed by atoms with Gasteiger partial charge in [0.25, 0.3) is 0 Å². The van der Waals surface area contributed by atoms with Crippen molar-refractivity contribution in [3.05, 3.63) is 63.0 Å². The number of fused-ring (bicyclic) bond motifs is 1. The highest BCUT2D eigenvalue weighted by atomic mass is 127. The van der Waals surface area contributed by atoms with E-state index in [2.05, 4.69) is 0 Å². The Bertz CT molecular complexity index is 604. The van der Waals surface area contributed by atoms with Gasteiger partial charge in [0.15, 0.2) is 0 Å². The Balaban J connectivity index is 2.70. The molecule has 1 aliphatic carbocycles. The van der Waals surface area contributed by atoms with Crippen molar-refractivity contribution in [3.63, 3.8) is 0 Å². The zero-order chi connectivity index (χ0) is 15.4. The molecule has 2 rings (SSSR count). The van der Waals surface area contributed by atoms with E-state index in [1.54, 1.807) is 49.6 Å². The van der Waals surface area contributed by atoms with E-state index in [9.17, 15) is 10.2 Å². The Kier molecular flexibility index (Phi) is 5.44. The van der Waals surface area contributed by atoms with E-state index in [1.165, 1.54) is 7.11 Å². The quantitative estimate of drug-likeness (QED) is 0.749. The van der Waals surface area contributed by atoms with E-state index in [1.807, 2.05) is 22.6 Å². The molecule has 0 fully saturated rings. The molecule has 4 nitrogen and oxygen atoms in total. The topological polar surface area (TPSA) is 58.9 Å². The van der Waals surface area contributed by atoms with Crippen LogP contribution in [0.2, 0.25) is 0 Å². The number of ether oxygens (including phenoxy) is 2. The van der Waals surface area contributed by atoms with Gasteiger partial charge in [-0.1, -0.05) is 30.4 Å². The number of aliphatic hydroxyl groups is 2. The highest BCUT2D eigenvalue weighted by Crippen LogP contribution is 2.40. The van der Waals surface area contributed by atoms with Crippen LogP contribution in [0.5, 0.6) is 5.75 Å². The van der Waals surface area contributed by atoms with Crippen LogP contribution in [-0.2, 0) is 4.74 Å². The van der Waals surface area contributed by atoms with Crippen LogP contribution in [0.15, 0.2) is 51.8 Å². The zero-order valence-electron chi connectivity index (χ0n) is 11.8. The molecule has 0 saturated carbocycles. The Labute approximate surface area is 137 Å². The second-order valence-electron chi connectivity index (χ2n) is 4.47. The standard InChI is InChI=1S/C16H17IO4/c1-20-12-9-5-6-10-11(18)7-3-4-8-13(21-2)15(17)16(19)14(10)12/h3-9,11,16,18-19H,1-2H3/b7-3+,8-4?,15-13?. The molecule has 0 radical (unpaired) electrons. The second-order valence-corrected chi connectivity index (χ2v) is 5.63. The molecule has 0 saturated heterocycles. The summed E-state index contributed by atoms with van der Waals surface area (Å²) in [4.78, 5) is 0. The van der Waals surface area contributed by atoms with Crippen molar-refractivity contribution in [1.82, 2.24) is 0 Å². The smallest absolute Gasteiger partial charge is 0.131 e. The van der Waals surface area contributed by atoms with Crippen molar-refractivity contribution in [1.29, 1.82) is 0 Å². The van der Waals surface area contributed by atoms with Gasteiger partial charge in [-0.05, 0) is 40.3 Å². The largest absolute Gasteiger partial charge is 0.496 e. The molecule has 0 heterocycles.